The number of rotatable bonds is 5. The summed E-state index contributed by atoms with van der Waals surface area (Å²) in [7, 11) is 0. The number of aryl methyl sites for hydroxylation is 1. The molecule has 0 spiro atoms. The summed E-state index contributed by atoms with van der Waals surface area (Å²) in [5, 5.41) is 6.72. The summed E-state index contributed by atoms with van der Waals surface area (Å²) in [4.78, 5) is 19.1. The van der Waals surface area contributed by atoms with Crippen molar-refractivity contribution >= 4 is 11.6 Å². The van der Waals surface area contributed by atoms with Crippen LogP contribution in [-0.2, 0) is 11.3 Å². The number of likely N-dealkylation sites (tertiary alicyclic amines) is 1. The van der Waals surface area contributed by atoms with E-state index >= 15 is 0 Å². The number of piperidine rings is 1. The lowest BCUT2D eigenvalue weighted by Crippen LogP contribution is -2.40. The maximum Gasteiger partial charge on any atom is 0.241 e. The van der Waals surface area contributed by atoms with E-state index in [1.165, 1.54) is 6.07 Å². The number of hydrogen-bond acceptors (Lipinski definition) is 5. The van der Waals surface area contributed by atoms with E-state index in [0.717, 1.165) is 42.6 Å². The van der Waals surface area contributed by atoms with Gasteiger partial charge in [0.15, 0.2) is 11.6 Å². The summed E-state index contributed by atoms with van der Waals surface area (Å²) >= 11 is 0. The van der Waals surface area contributed by atoms with Crippen LogP contribution in [0.2, 0.25) is 0 Å². The fourth-order valence-electron chi connectivity index (χ4n) is 3.56. The Morgan fingerprint density at radius 1 is 1.20 bits per heavy atom. The molecule has 1 saturated heterocycles. The van der Waals surface area contributed by atoms with E-state index in [9.17, 15) is 13.6 Å². The first-order valence-electron chi connectivity index (χ1n) is 9.86. The summed E-state index contributed by atoms with van der Waals surface area (Å²) in [6.07, 6.45) is 1.57. The van der Waals surface area contributed by atoms with Gasteiger partial charge >= 0.3 is 0 Å². The van der Waals surface area contributed by atoms with Gasteiger partial charge in [-0.2, -0.15) is 4.98 Å². The van der Waals surface area contributed by atoms with Crippen LogP contribution in [0.1, 0.15) is 24.3 Å². The van der Waals surface area contributed by atoms with Crippen LogP contribution in [0, 0.1) is 24.5 Å². The molecule has 2 heterocycles. The SMILES string of the molecule is Cc1ccc(-c2noc(CN3CCCC(C(=O)Nc4ccc(F)c(F)c4)C3)n2)cc1. The molecule has 30 heavy (non-hydrogen) atoms. The highest BCUT2D eigenvalue weighted by molar-refractivity contribution is 5.92. The summed E-state index contributed by atoms with van der Waals surface area (Å²) in [6, 6.07) is 11.2. The largest absolute Gasteiger partial charge is 0.338 e. The Hall–Kier alpha value is -3.13. The van der Waals surface area contributed by atoms with Gasteiger partial charge in [0, 0.05) is 23.9 Å². The van der Waals surface area contributed by atoms with Crippen LogP contribution in [-0.4, -0.2) is 34.0 Å². The fraction of sp³-hybridized carbons (Fsp3) is 0.318. The molecule has 156 valence electrons. The zero-order valence-electron chi connectivity index (χ0n) is 16.6. The van der Waals surface area contributed by atoms with Gasteiger partial charge in [0.05, 0.1) is 12.5 Å². The molecule has 0 bridgehead atoms. The average molecular weight is 412 g/mol. The molecule has 1 fully saturated rings. The highest BCUT2D eigenvalue weighted by Gasteiger charge is 2.27. The van der Waals surface area contributed by atoms with Crippen molar-refractivity contribution in [2.75, 3.05) is 18.4 Å². The van der Waals surface area contributed by atoms with Gasteiger partial charge in [-0.1, -0.05) is 35.0 Å². The summed E-state index contributed by atoms with van der Waals surface area (Å²) in [5.74, 6) is -1.37. The molecule has 1 atom stereocenters. The molecule has 0 radical (unpaired) electrons. The quantitative estimate of drug-likeness (QED) is 0.681. The van der Waals surface area contributed by atoms with Gasteiger partial charge in [-0.25, -0.2) is 8.78 Å². The Morgan fingerprint density at radius 2 is 2.00 bits per heavy atom. The minimum atomic E-state index is -0.987. The predicted molar refractivity (Wildman–Crippen MR) is 107 cm³/mol. The third-order valence-corrected chi connectivity index (χ3v) is 5.20. The van der Waals surface area contributed by atoms with E-state index in [2.05, 4.69) is 20.4 Å². The van der Waals surface area contributed by atoms with E-state index in [0.29, 0.717) is 24.8 Å². The first-order chi connectivity index (χ1) is 14.5. The highest BCUT2D eigenvalue weighted by Crippen LogP contribution is 2.22. The molecule has 8 heteroatoms. The summed E-state index contributed by atoms with van der Waals surface area (Å²) in [6.45, 7) is 3.81. The van der Waals surface area contributed by atoms with Crippen LogP contribution in [0.5, 0.6) is 0 Å². The van der Waals surface area contributed by atoms with Crippen LogP contribution in [0.15, 0.2) is 47.0 Å². The molecule has 1 unspecified atom stereocenters. The molecule has 3 aromatic rings. The number of aromatic nitrogens is 2. The zero-order chi connectivity index (χ0) is 21.1. The number of anilines is 1. The second-order valence-electron chi connectivity index (χ2n) is 7.57. The maximum atomic E-state index is 13.4. The second kappa shape index (κ2) is 8.71. The minimum Gasteiger partial charge on any atom is -0.338 e. The number of carbonyl (C=O) groups is 1. The normalized spacial score (nSPS) is 17.1. The van der Waals surface area contributed by atoms with Gasteiger partial charge in [-0.15, -0.1) is 0 Å². The van der Waals surface area contributed by atoms with Crippen molar-refractivity contribution in [2.45, 2.75) is 26.3 Å². The van der Waals surface area contributed by atoms with Crippen molar-refractivity contribution in [3.05, 3.63) is 65.6 Å². The fourth-order valence-corrected chi connectivity index (χ4v) is 3.56. The number of hydrogen-bond donors (Lipinski definition) is 1. The molecule has 6 nitrogen and oxygen atoms in total. The molecular formula is C22H22F2N4O2. The second-order valence-corrected chi connectivity index (χ2v) is 7.57. The smallest absolute Gasteiger partial charge is 0.241 e. The number of benzene rings is 2. The highest BCUT2D eigenvalue weighted by atomic mass is 19.2. The lowest BCUT2D eigenvalue weighted by molar-refractivity contribution is -0.121. The third-order valence-electron chi connectivity index (χ3n) is 5.20. The van der Waals surface area contributed by atoms with Gasteiger partial charge in [0.1, 0.15) is 0 Å². The minimum absolute atomic E-state index is 0.211. The average Bonchev–Trinajstić information content (AvgIpc) is 3.20. The first kappa shape index (κ1) is 20.2. The zero-order valence-corrected chi connectivity index (χ0v) is 16.6. The Labute approximate surface area is 172 Å². The van der Waals surface area contributed by atoms with Crippen molar-refractivity contribution in [2.24, 2.45) is 5.92 Å². The number of halogens is 2. The van der Waals surface area contributed by atoms with Crippen molar-refractivity contribution in [1.29, 1.82) is 0 Å². The predicted octanol–water partition coefficient (Wildman–Crippen LogP) is 4.17. The molecule has 1 amide bonds. The van der Waals surface area contributed by atoms with Crippen LogP contribution in [0.3, 0.4) is 0 Å². The van der Waals surface area contributed by atoms with E-state index in [1.54, 1.807) is 0 Å². The van der Waals surface area contributed by atoms with Crippen molar-refractivity contribution < 1.29 is 18.1 Å². The van der Waals surface area contributed by atoms with E-state index in [1.807, 2.05) is 31.2 Å². The Bertz CT molecular complexity index is 1040. The van der Waals surface area contributed by atoms with Gasteiger partial charge in [0.25, 0.3) is 0 Å². The Morgan fingerprint density at radius 3 is 2.77 bits per heavy atom. The van der Waals surface area contributed by atoms with Crippen molar-refractivity contribution in [3.63, 3.8) is 0 Å². The van der Waals surface area contributed by atoms with Gasteiger partial charge in [-0.3, -0.25) is 9.69 Å². The van der Waals surface area contributed by atoms with E-state index < -0.39 is 11.6 Å². The molecule has 0 aliphatic carbocycles. The van der Waals surface area contributed by atoms with Gasteiger partial charge < -0.3 is 9.84 Å². The molecule has 4 rings (SSSR count). The first-order valence-corrected chi connectivity index (χ1v) is 9.86. The number of nitrogens with one attached hydrogen (secondary N) is 1. The van der Waals surface area contributed by atoms with Crippen LogP contribution >= 0.6 is 0 Å². The van der Waals surface area contributed by atoms with E-state index in [-0.39, 0.29) is 17.5 Å². The van der Waals surface area contributed by atoms with E-state index in [4.69, 9.17) is 4.52 Å². The summed E-state index contributed by atoms with van der Waals surface area (Å²) in [5.41, 5.74) is 2.29. The molecule has 2 aromatic carbocycles. The molecule has 1 aromatic heterocycles. The lowest BCUT2D eigenvalue weighted by atomic mass is 9.97. The Balaban J connectivity index is 1.36. The van der Waals surface area contributed by atoms with Crippen LogP contribution in [0.4, 0.5) is 14.5 Å². The van der Waals surface area contributed by atoms with Crippen molar-refractivity contribution in [1.82, 2.24) is 15.0 Å². The number of carbonyl (C=O) groups excluding carboxylic acids is 1. The molecule has 1 aliphatic heterocycles. The van der Waals surface area contributed by atoms with Crippen LogP contribution in [0.25, 0.3) is 11.4 Å². The molecule has 0 saturated carbocycles. The van der Waals surface area contributed by atoms with Crippen LogP contribution < -0.4 is 5.32 Å². The maximum absolute atomic E-state index is 13.4. The lowest BCUT2D eigenvalue weighted by Gasteiger charge is -2.30. The molecule has 1 N–H and O–H groups in total. The van der Waals surface area contributed by atoms with Crippen molar-refractivity contribution in [3.8, 4) is 11.4 Å². The number of amides is 1. The molecule has 1 aliphatic rings. The monoisotopic (exact) mass is 412 g/mol. The molecular weight excluding hydrogens is 390 g/mol. The summed E-state index contributed by atoms with van der Waals surface area (Å²) < 4.78 is 31.8. The number of nitrogens with zero attached hydrogens (tertiary/aromatic N) is 3. The standard InChI is InChI=1S/C22H22F2N4O2/c1-14-4-6-15(7-5-14)21-26-20(30-27-21)13-28-10-2-3-16(12-28)22(29)25-17-8-9-18(23)19(24)11-17/h4-9,11,16H,2-3,10,12-13H2,1H3,(H,25,29). The third kappa shape index (κ3) is 4.71. The van der Waals surface area contributed by atoms with Gasteiger partial charge in [-0.05, 0) is 38.4 Å². The van der Waals surface area contributed by atoms with Gasteiger partial charge in [0.2, 0.25) is 17.6 Å². The topological polar surface area (TPSA) is 71.3 Å². The Kier molecular flexibility index (Phi) is 5.85.